The summed E-state index contributed by atoms with van der Waals surface area (Å²) in [6.45, 7) is 8.66. The van der Waals surface area contributed by atoms with Gasteiger partial charge in [-0.15, -0.1) is 0 Å². The minimum absolute atomic E-state index is 0.474. The van der Waals surface area contributed by atoms with E-state index in [1.54, 1.807) is 6.33 Å². The molecule has 0 bridgehead atoms. The zero-order valence-electron chi connectivity index (χ0n) is 12.0. The Morgan fingerprint density at radius 1 is 1.26 bits per heavy atom. The van der Waals surface area contributed by atoms with Crippen molar-refractivity contribution < 1.29 is 0 Å². The summed E-state index contributed by atoms with van der Waals surface area (Å²) >= 11 is 3.59. The van der Waals surface area contributed by atoms with E-state index in [9.17, 15) is 0 Å². The second kappa shape index (κ2) is 6.07. The summed E-state index contributed by atoms with van der Waals surface area (Å²) in [6, 6.07) is 0. The molecule has 4 nitrogen and oxygen atoms in total. The van der Waals surface area contributed by atoms with Gasteiger partial charge in [0, 0.05) is 13.1 Å². The number of nitrogens with one attached hydrogen (secondary N) is 2. The summed E-state index contributed by atoms with van der Waals surface area (Å²) in [6.07, 6.45) is 5.33. The molecule has 0 spiro atoms. The van der Waals surface area contributed by atoms with Gasteiger partial charge in [-0.1, -0.05) is 20.8 Å². The second-order valence-corrected chi connectivity index (χ2v) is 6.48. The van der Waals surface area contributed by atoms with Gasteiger partial charge < -0.3 is 10.6 Å². The topological polar surface area (TPSA) is 49.8 Å². The van der Waals surface area contributed by atoms with Crippen LogP contribution in [-0.4, -0.2) is 23.1 Å². The second-order valence-electron chi connectivity index (χ2n) is 5.68. The zero-order valence-corrected chi connectivity index (χ0v) is 13.5. The highest BCUT2D eigenvalue weighted by atomic mass is 79.9. The molecule has 5 heteroatoms. The van der Waals surface area contributed by atoms with E-state index in [1.165, 1.54) is 12.8 Å². The van der Waals surface area contributed by atoms with E-state index >= 15 is 0 Å². The molecule has 1 fully saturated rings. The van der Waals surface area contributed by atoms with Crippen LogP contribution >= 0.6 is 15.9 Å². The fourth-order valence-electron chi connectivity index (χ4n) is 2.24. The number of rotatable bonds is 7. The minimum atomic E-state index is 0.474. The van der Waals surface area contributed by atoms with Crippen LogP contribution in [0.1, 0.15) is 40.0 Å². The molecule has 1 aliphatic carbocycles. The van der Waals surface area contributed by atoms with Gasteiger partial charge in [0.1, 0.15) is 22.4 Å². The summed E-state index contributed by atoms with van der Waals surface area (Å²) in [5.41, 5.74) is 0.474. The van der Waals surface area contributed by atoms with Crippen LogP contribution in [0.25, 0.3) is 0 Å². The molecular weight excluding hydrogens is 304 g/mol. The molecule has 0 atom stereocenters. The third-order valence-corrected chi connectivity index (χ3v) is 4.81. The van der Waals surface area contributed by atoms with Crippen molar-refractivity contribution in [3.8, 4) is 0 Å². The number of anilines is 2. The molecule has 0 amide bonds. The summed E-state index contributed by atoms with van der Waals surface area (Å²) in [7, 11) is 0. The van der Waals surface area contributed by atoms with E-state index in [0.29, 0.717) is 5.41 Å². The fraction of sp³-hybridized carbons (Fsp3) is 0.714. The third-order valence-electron chi connectivity index (χ3n) is 4.06. The zero-order chi connectivity index (χ0) is 13.9. The SMILES string of the molecule is CCCNc1ncnc(NCC2(C(C)C)CC2)c1Br. The summed E-state index contributed by atoms with van der Waals surface area (Å²) in [5, 5.41) is 6.78. The van der Waals surface area contributed by atoms with Crippen LogP contribution < -0.4 is 10.6 Å². The van der Waals surface area contributed by atoms with Crippen LogP contribution in [0.3, 0.4) is 0 Å². The molecule has 106 valence electrons. The van der Waals surface area contributed by atoms with Gasteiger partial charge >= 0.3 is 0 Å². The molecule has 2 N–H and O–H groups in total. The number of nitrogens with zero attached hydrogens (tertiary/aromatic N) is 2. The van der Waals surface area contributed by atoms with Gasteiger partial charge in [0.25, 0.3) is 0 Å². The largest absolute Gasteiger partial charge is 0.369 e. The molecule has 0 saturated heterocycles. The standard InChI is InChI=1S/C14H23BrN4/c1-4-7-16-12-11(15)13(19-9-18-12)17-8-14(5-6-14)10(2)3/h9-10H,4-8H2,1-3H3,(H2,16,17,18,19). The van der Waals surface area contributed by atoms with E-state index in [0.717, 1.165) is 41.5 Å². The quantitative estimate of drug-likeness (QED) is 0.797. The van der Waals surface area contributed by atoms with Gasteiger partial charge in [-0.3, -0.25) is 0 Å². The first-order chi connectivity index (χ1) is 9.09. The molecule has 1 saturated carbocycles. The predicted octanol–water partition coefficient (Wildman–Crippen LogP) is 3.91. The molecule has 0 unspecified atom stereocenters. The van der Waals surface area contributed by atoms with Gasteiger partial charge in [-0.2, -0.15) is 0 Å². The van der Waals surface area contributed by atoms with Crippen molar-refractivity contribution in [3.05, 3.63) is 10.8 Å². The van der Waals surface area contributed by atoms with E-state index in [-0.39, 0.29) is 0 Å². The summed E-state index contributed by atoms with van der Waals surface area (Å²) < 4.78 is 0.933. The van der Waals surface area contributed by atoms with Crippen LogP contribution in [-0.2, 0) is 0 Å². The van der Waals surface area contributed by atoms with Crippen molar-refractivity contribution in [2.45, 2.75) is 40.0 Å². The van der Waals surface area contributed by atoms with E-state index in [1.807, 2.05) is 0 Å². The summed E-state index contributed by atoms with van der Waals surface area (Å²) in [5.74, 6) is 2.48. The Labute approximate surface area is 123 Å². The molecule has 0 radical (unpaired) electrons. The van der Waals surface area contributed by atoms with Crippen molar-refractivity contribution in [3.63, 3.8) is 0 Å². The minimum Gasteiger partial charge on any atom is -0.369 e. The Morgan fingerprint density at radius 2 is 1.89 bits per heavy atom. The van der Waals surface area contributed by atoms with Crippen molar-refractivity contribution in [1.29, 1.82) is 0 Å². The van der Waals surface area contributed by atoms with Gasteiger partial charge in [0.2, 0.25) is 0 Å². The average molecular weight is 327 g/mol. The number of halogens is 1. The maximum atomic E-state index is 4.33. The Bertz CT molecular complexity index is 429. The van der Waals surface area contributed by atoms with Gasteiger partial charge in [0.15, 0.2) is 0 Å². The molecule has 0 aromatic carbocycles. The van der Waals surface area contributed by atoms with E-state index < -0.39 is 0 Å². The maximum Gasteiger partial charge on any atom is 0.145 e. The number of aromatic nitrogens is 2. The third kappa shape index (κ3) is 3.38. The van der Waals surface area contributed by atoms with Crippen molar-refractivity contribution >= 4 is 27.6 Å². The number of hydrogen-bond donors (Lipinski definition) is 2. The molecule has 1 aromatic rings. The normalized spacial score (nSPS) is 16.5. The predicted molar refractivity (Wildman–Crippen MR) is 83.5 cm³/mol. The maximum absolute atomic E-state index is 4.33. The van der Waals surface area contributed by atoms with Crippen LogP contribution in [0.2, 0.25) is 0 Å². The van der Waals surface area contributed by atoms with Crippen LogP contribution in [0.5, 0.6) is 0 Å². The number of hydrogen-bond acceptors (Lipinski definition) is 4. The van der Waals surface area contributed by atoms with Crippen molar-refractivity contribution in [2.24, 2.45) is 11.3 Å². The molecule has 19 heavy (non-hydrogen) atoms. The van der Waals surface area contributed by atoms with Gasteiger partial charge in [-0.05, 0) is 46.5 Å². The van der Waals surface area contributed by atoms with Crippen molar-refractivity contribution in [1.82, 2.24) is 9.97 Å². The molecule has 2 rings (SSSR count). The monoisotopic (exact) mass is 326 g/mol. The van der Waals surface area contributed by atoms with E-state index in [2.05, 4.69) is 57.3 Å². The average Bonchev–Trinajstić information content (AvgIpc) is 3.17. The lowest BCUT2D eigenvalue weighted by atomic mass is 9.92. The summed E-state index contributed by atoms with van der Waals surface area (Å²) in [4.78, 5) is 8.59. The Morgan fingerprint density at radius 3 is 2.42 bits per heavy atom. The van der Waals surface area contributed by atoms with Gasteiger partial charge in [-0.25, -0.2) is 9.97 Å². The van der Waals surface area contributed by atoms with Crippen LogP contribution in [0.15, 0.2) is 10.8 Å². The molecule has 1 aliphatic rings. The highest BCUT2D eigenvalue weighted by molar-refractivity contribution is 9.10. The lowest BCUT2D eigenvalue weighted by Gasteiger charge is -2.21. The Balaban J connectivity index is 2.00. The first-order valence-electron chi connectivity index (χ1n) is 7.07. The van der Waals surface area contributed by atoms with Crippen LogP contribution in [0.4, 0.5) is 11.6 Å². The highest BCUT2D eigenvalue weighted by Gasteiger charge is 2.45. The Kier molecular flexibility index (Phi) is 4.66. The highest BCUT2D eigenvalue weighted by Crippen LogP contribution is 2.51. The lowest BCUT2D eigenvalue weighted by Crippen LogP contribution is -2.21. The van der Waals surface area contributed by atoms with Gasteiger partial charge in [0.05, 0.1) is 0 Å². The molecule has 1 aromatic heterocycles. The first-order valence-corrected chi connectivity index (χ1v) is 7.86. The van der Waals surface area contributed by atoms with Crippen molar-refractivity contribution in [2.75, 3.05) is 23.7 Å². The lowest BCUT2D eigenvalue weighted by molar-refractivity contribution is 0.380. The fourth-order valence-corrected chi connectivity index (χ4v) is 2.72. The molecule has 0 aliphatic heterocycles. The van der Waals surface area contributed by atoms with Crippen LogP contribution in [0, 0.1) is 11.3 Å². The first kappa shape index (κ1) is 14.6. The Hall–Kier alpha value is -0.840. The molecule has 1 heterocycles. The molecular formula is C14H23BrN4. The smallest absolute Gasteiger partial charge is 0.145 e. The van der Waals surface area contributed by atoms with E-state index in [4.69, 9.17) is 0 Å².